The number of nitrogens with zero attached hydrogens (tertiary/aromatic N) is 8. The monoisotopic (exact) mass is 1530 g/mol. The van der Waals surface area contributed by atoms with Crippen LogP contribution in [-0.4, -0.2) is 19.9 Å². The number of hydrogen-bond donors (Lipinski definition) is 0. The largest absolute Gasteiger partial charge is 0.437 e. The maximum Gasteiger partial charge on any atom is 0.227 e. The molecule has 12 heteroatoms. The van der Waals surface area contributed by atoms with E-state index in [0.29, 0.717) is 46.2 Å². The molecule has 114 heavy (non-hydrogen) atoms. The highest BCUT2D eigenvalue weighted by atomic mass is 16.4. The number of benzene rings is 4. The SMILES string of the molecule is CCc1cc(-c2c(C)ccc3c2oc2nc(C(C)C)ccc23)[n+](C)cc1C(C)C.[2H]C([2H])(C)c1cc(-c2c(C)ccc3c2oc2nc(C(C)C)ccc23)[n+](C)cc1C(C)C.[2H]C([2H])(C)c1cc(-c2c(C)ccc3c2oc2nc(CC)ccc23)[n+](C)cc1C(C)C.[2H]C([2H])(C)c1cc(-c2c(C)ccc3c2oc2nc(CC)ccc23)[n+](C)cc1C([2H])(C)C([2H])([2H])[2H]. The Hall–Kier alpha value is -10.7. The van der Waals surface area contributed by atoms with Gasteiger partial charge in [0.2, 0.25) is 45.6 Å². The molecule has 12 nitrogen and oxygen atoms in total. The predicted octanol–water partition coefficient (Wildman–Crippen LogP) is 25.2. The van der Waals surface area contributed by atoms with E-state index >= 15 is 0 Å². The summed E-state index contributed by atoms with van der Waals surface area (Å²) in [5.41, 5.74) is 28.4. The fraction of sp³-hybridized carbons (Fsp3) is 0.373. The van der Waals surface area contributed by atoms with Crippen LogP contribution >= 0.6 is 0 Å². The van der Waals surface area contributed by atoms with Gasteiger partial charge in [0.05, 0.1) is 22.3 Å². The Kier molecular flexibility index (Phi) is 20.2. The van der Waals surface area contributed by atoms with E-state index in [0.717, 1.165) is 175 Å². The van der Waals surface area contributed by atoms with Crippen LogP contribution in [0.3, 0.4) is 0 Å². The van der Waals surface area contributed by atoms with Gasteiger partial charge < -0.3 is 17.7 Å². The summed E-state index contributed by atoms with van der Waals surface area (Å²) in [7, 11) is 7.95. The van der Waals surface area contributed by atoms with Gasteiger partial charge in [-0.2, -0.15) is 0 Å². The third-order valence-corrected chi connectivity index (χ3v) is 22.7. The highest BCUT2D eigenvalue weighted by Gasteiger charge is 2.30. The van der Waals surface area contributed by atoms with Crippen LogP contribution in [0.5, 0.6) is 0 Å². The molecule has 0 saturated heterocycles. The van der Waals surface area contributed by atoms with Crippen LogP contribution in [0.2, 0.25) is 0 Å². The third-order valence-electron chi connectivity index (χ3n) is 22.7. The molecule has 0 radical (unpaired) electrons. The summed E-state index contributed by atoms with van der Waals surface area (Å²) < 4.78 is 116. The topological polar surface area (TPSA) is 120 Å². The van der Waals surface area contributed by atoms with Crippen molar-refractivity contribution in [3.8, 4) is 45.0 Å². The molecule has 0 N–H and O–H groups in total. The Morgan fingerprint density at radius 3 is 0.860 bits per heavy atom. The Labute approximate surface area is 689 Å². The van der Waals surface area contributed by atoms with Gasteiger partial charge in [-0.3, -0.25) is 0 Å². The lowest BCUT2D eigenvalue weighted by atomic mass is 9.94. The van der Waals surface area contributed by atoms with Gasteiger partial charge in [-0.05, 0) is 195 Å². The second-order valence-electron chi connectivity index (χ2n) is 32.3. The number of pyridine rings is 8. The number of hydrogen-bond acceptors (Lipinski definition) is 8. The third kappa shape index (κ3) is 15.4. The van der Waals surface area contributed by atoms with Gasteiger partial charge in [-0.25, -0.2) is 38.2 Å². The molecule has 16 aromatic rings. The van der Waals surface area contributed by atoms with E-state index < -0.39 is 31.9 Å². The van der Waals surface area contributed by atoms with Crippen LogP contribution in [-0.2, 0) is 66.6 Å². The maximum absolute atomic E-state index is 8.63. The molecule has 0 amide bonds. The van der Waals surface area contributed by atoms with Crippen LogP contribution in [0.25, 0.3) is 133 Å². The van der Waals surface area contributed by atoms with Crippen molar-refractivity contribution in [2.24, 2.45) is 28.2 Å². The molecule has 1 unspecified atom stereocenters. The zero-order valence-corrected chi connectivity index (χ0v) is 71.6. The molecule has 0 spiro atoms. The quantitative estimate of drug-likeness (QED) is 0.0878. The summed E-state index contributed by atoms with van der Waals surface area (Å²) >= 11 is 0. The van der Waals surface area contributed by atoms with E-state index in [1.54, 1.807) is 37.7 Å². The Morgan fingerprint density at radius 1 is 0.325 bits per heavy atom. The van der Waals surface area contributed by atoms with Crippen molar-refractivity contribution in [2.75, 3.05) is 0 Å². The van der Waals surface area contributed by atoms with E-state index in [-0.39, 0.29) is 23.0 Å². The van der Waals surface area contributed by atoms with Crippen LogP contribution in [0.4, 0.5) is 0 Å². The maximum atomic E-state index is 8.63. The zero-order chi connectivity index (χ0) is 90.5. The minimum Gasteiger partial charge on any atom is -0.437 e. The lowest BCUT2D eigenvalue weighted by Crippen LogP contribution is -2.32. The number of aromatic nitrogens is 8. The lowest BCUT2D eigenvalue weighted by molar-refractivity contribution is -0.661. The molecule has 16 rings (SSSR count). The minimum absolute atomic E-state index is 0.134. The fourth-order valence-corrected chi connectivity index (χ4v) is 16.1. The average Bonchev–Trinajstić information content (AvgIpc) is 1.23. The summed E-state index contributed by atoms with van der Waals surface area (Å²) in [4.78, 5) is 18.9. The molecular weight excluding hydrogens is 1400 g/mol. The van der Waals surface area contributed by atoms with Crippen molar-refractivity contribution in [3.63, 3.8) is 0 Å². The molecule has 0 saturated carbocycles. The van der Waals surface area contributed by atoms with Crippen molar-refractivity contribution in [2.45, 2.75) is 226 Å². The normalized spacial score (nSPS) is 14.2. The first-order valence-electron chi connectivity index (χ1n) is 45.5. The van der Waals surface area contributed by atoms with Crippen LogP contribution in [0, 0.1) is 27.7 Å². The summed E-state index contributed by atoms with van der Waals surface area (Å²) in [6.45, 7) is 39.5. The zero-order valence-electron chi connectivity index (χ0n) is 81.6. The second-order valence-corrected chi connectivity index (χ2v) is 32.3. The first-order valence-corrected chi connectivity index (χ1v) is 40.5. The van der Waals surface area contributed by atoms with Crippen LogP contribution < -0.4 is 18.3 Å². The van der Waals surface area contributed by atoms with Crippen LogP contribution in [0.1, 0.15) is 263 Å². The molecule has 12 aromatic heterocycles. The highest BCUT2D eigenvalue weighted by molar-refractivity contribution is 6.12. The first-order chi connectivity index (χ1) is 58.1. The molecule has 0 aliphatic carbocycles. The first kappa shape index (κ1) is 68.8. The molecule has 1 atom stereocenters. The van der Waals surface area contributed by atoms with Gasteiger partial charge in [0.15, 0.2) is 47.1 Å². The minimum atomic E-state index is -2.63. The lowest BCUT2D eigenvalue weighted by Gasteiger charge is -2.13. The van der Waals surface area contributed by atoms with Gasteiger partial charge in [-0.15, -0.1) is 0 Å². The predicted molar refractivity (Wildman–Crippen MR) is 472 cm³/mol. The smallest absolute Gasteiger partial charge is 0.227 e. The summed E-state index contributed by atoms with van der Waals surface area (Å²) in [5.74, 6) is -0.311. The average molecular weight is 1530 g/mol. The molecule has 0 bridgehead atoms. The summed E-state index contributed by atoms with van der Waals surface area (Å²) in [5, 5.41) is 8.12. The second kappa shape index (κ2) is 33.4. The van der Waals surface area contributed by atoms with Gasteiger partial charge in [0.1, 0.15) is 28.2 Å². The van der Waals surface area contributed by atoms with Gasteiger partial charge in [0.25, 0.3) is 0 Å². The summed E-state index contributed by atoms with van der Waals surface area (Å²) in [6, 6.07) is 41.3. The van der Waals surface area contributed by atoms with E-state index in [1.165, 1.54) is 41.8 Å². The Morgan fingerprint density at radius 2 is 0.588 bits per heavy atom. The van der Waals surface area contributed by atoms with Gasteiger partial charge in [0, 0.05) is 126 Å². The Balaban J connectivity index is 0.000000142. The van der Waals surface area contributed by atoms with Gasteiger partial charge >= 0.3 is 0 Å². The number of furan rings is 4. The van der Waals surface area contributed by atoms with Crippen molar-refractivity contribution < 1.29 is 49.6 Å². The molecule has 588 valence electrons. The number of aryl methyl sites for hydroxylation is 14. The Bertz CT molecular complexity index is 6820. The van der Waals surface area contributed by atoms with Crippen molar-refractivity contribution in [1.29, 1.82) is 0 Å². The van der Waals surface area contributed by atoms with E-state index in [1.807, 2.05) is 64.3 Å². The van der Waals surface area contributed by atoms with E-state index in [4.69, 9.17) is 41.3 Å². The fourth-order valence-electron chi connectivity index (χ4n) is 16.1. The molecular formula is C102H120N8O4+4. The molecule has 4 aromatic carbocycles. The number of fused-ring (bicyclic) bond motifs is 12. The van der Waals surface area contributed by atoms with Crippen molar-refractivity contribution in [1.82, 2.24) is 19.9 Å². The van der Waals surface area contributed by atoms with Crippen molar-refractivity contribution >= 4 is 88.3 Å². The molecule has 12 heterocycles. The van der Waals surface area contributed by atoms with Crippen molar-refractivity contribution in [3.05, 3.63) is 236 Å². The molecule has 0 fully saturated rings. The highest BCUT2D eigenvalue weighted by Crippen LogP contribution is 2.43. The van der Waals surface area contributed by atoms with E-state index in [9.17, 15) is 0 Å². The number of rotatable bonds is 16. The van der Waals surface area contributed by atoms with E-state index in [2.05, 4.69) is 232 Å². The standard InChI is InChI=1S/2C26H31N2O.2C25H29N2O/c2*1-8-18-13-23(28(7)14-21(18)15(2)3)24-17(6)9-10-19-20-11-12-22(16(4)5)27-26(20)29-25(19)24;2*1-7-17-13-22(27(6)14-21(17)15(3)4)23-16(5)9-11-19-20-12-10-18(8-2)26-25(20)28-24(19)23/h2*9-16H,8H2,1-7H3;2*9-15H,7-8H2,1-6H3/q4*+1/i8D2;;3D3,7D2,15D;7D2. The molecule has 0 aliphatic heterocycles. The molecule has 0 aliphatic rings. The summed E-state index contributed by atoms with van der Waals surface area (Å²) in [6.07, 6.45) is 5.92. The van der Waals surface area contributed by atoms with Crippen LogP contribution in [0.15, 0.2) is 164 Å². The van der Waals surface area contributed by atoms with Gasteiger partial charge in [-0.1, -0.05) is 173 Å².